The van der Waals surface area contributed by atoms with Crippen molar-refractivity contribution in [3.8, 4) is 17.3 Å². The van der Waals surface area contributed by atoms with Gasteiger partial charge in [-0.25, -0.2) is 4.39 Å². The third kappa shape index (κ3) is 5.27. The molecule has 1 N–H and O–H groups in total. The van der Waals surface area contributed by atoms with Crippen LogP contribution in [0.25, 0.3) is 22.2 Å². The Bertz CT molecular complexity index is 1430. The molecule has 1 amide bonds. The number of pyridine rings is 1. The summed E-state index contributed by atoms with van der Waals surface area (Å²) in [7, 11) is 1.92. The molecule has 3 aromatic rings. The molecule has 0 radical (unpaired) electrons. The molecule has 0 bridgehead atoms. The summed E-state index contributed by atoms with van der Waals surface area (Å²) >= 11 is 0. The predicted octanol–water partition coefficient (Wildman–Crippen LogP) is 4.36. The van der Waals surface area contributed by atoms with Crippen molar-refractivity contribution < 1.29 is 13.9 Å². The first-order valence-electron chi connectivity index (χ1n) is 14.7. The molecule has 3 fully saturated rings. The van der Waals surface area contributed by atoms with Crippen LogP contribution in [0.4, 0.5) is 10.2 Å². The Hall–Kier alpha value is -3.60. The normalized spacial score (nSPS) is 23.8. The van der Waals surface area contributed by atoms with Crippen LogP contribution in [-0.2, 0) is 4.79 Å². The molecule has 6 rings (SSSR count). The topological polar surface area (TPSA) is 103 Å². The van der Waals surface area contributed by atoms with Crippen LogP contribution in [0.3, 0.4) is 0 Å². The molecule has 0 spiro atoms. The van der Waals surface area contributed by atoms with Crippen LogP contribution in [0.2, 0.25) is 0 Å². The van der Waals surface area contributed by atoms with E-state index in [1.165, 1.54) is 6.08 Å². The molecule has 220 valence electrons. The summed E-state index contributed by atoms with van der Waals surface area (Å²) < 4.78 is 22.4. The van der Waals surface area contributed by atoms with E-state index in [0.29, 0.717) is 42.4 Å². The fourth-order valence-electron chi connectivity index (χ4n) is 6.71. The summed E-state index contributed by atoms with van der Waals surface area (Å²) in [5.41, 5.74) is 1.62. The Morgan fingerprint density at radius 1 is 1.29 bits per heavy atom. The molecule has 11 heteroatoms. The number of aromatic nitrogens is 5. The fraction of sp³-hybridized carbons (Fsp3) is 0.567. The molecule has 0 aliphatic carbocycles. The van der Waals surface area contributed by atoms with Crippen molar-refractivity contribution in [3.05, 3.63) is 36.6 Å². The molecule has 10 nitrogen and oxygen atoms in total. The number of H-pyrrole nitrogens is 1. The van der Waals surface area contributed by atoms with E-state index in [-0.39, 0.29) is 34.7 Å². The number of nitrogens with one attached hydrogen (secondary N) is 1. The lowest BCUT2D eigenvalue weighted by molar-refractivity contribution is -0.125. The molecule has 41 heavy (non-hydrogen) atoms. The second-order valence-electron chi connectivity index (χ2n) is 11.3. The number of rotatable bonds is 7. The highest BCUT2D eigenvalue weighted by Gasteiger charge is 2.47. The van der Waals surface area contributed by atoms with Gasteiger partial charge in [-0.15, -0.1) is 0 Å². The smallest absolute Gasteiger partial charge is 0.319 e. The molecule has 3 unspecified atom stereocenters. The number of likely N-dealkylation sites (N-methyl/N-ethyl adjacent to an activating group) is 1. The molecule has 0 aromatic carbocycles. The van der Waals surface area contributed by atoms with Crippen molar-refractivity contribution in [1.29, 1.82) is 0 Å². The van der Waals surface area contributed by atoms with E-state index < -0.39 is 5.82 Å². The lowest BCUT2D eigenvalue weighted by Gasteiger charge is -2.31. The summed E-state index contributed by atoms with van der Waals surface area (Å²) in [5.74, 6) is 0.515. The van der Waals surface area contributed by atoms with Crippen LogP contribution >= 0.6 is 0 Å². The van der Waals surface area contributed by atoms with Crippen molar-refractivity contribution in [2.45, 2.75) is 65.0 Å². The van der Waals surface area contributed by atoms with Crippen LogP contribution in [0, 0.1) is 18.7 Å². The standard InChI is InChI=1S/C28H35FN8O2.C2H6/c1-5-22(38)36-10-7-19(15-36)35(4)26-21-12-30-24(20-13-31-34-18(20)3)23(29)25(21)32-27(33-26)39-16-28-8-6-9-37(28)14-17(2)11-28;1-2/h5,12-13,17,19H,1,6-11,14-16H2,2-4H3,(H,31,34);1-2H3. The predicted molar refractivity (Wildman–Crippen MR) is 157 cm³/mol. The molecule has 0 saturated carbocycles. The number of nitrogens with zero attached hydrogens (tertiary/aromatic N) is 7. The Balaban J connectivity index is 0.00000165. The van der Waals surface area contributed by atoms with Crippen LogP contribution < -0.4 is 9.64 Å². The van der Waals surface area contributed by atoms with Gasteiger partial charge in [0.2, 0.25) is 5.91 Å². The van der Waals surface area contributed by atoms with E-state index in [2.05, 4.69) is 38.6 Å². The summed E-state index contributed by atoms with van der Waals surface area (Å²) in [6.45, 7) is 15.5. The number of carbonyl (C=O) groups excluding carboxylic acids is 1. The zero-order chi connectivity index (χ0) is 29.3. The third-order valence-corrected chi connectivity index (χ3v) is 8.73. The van der Waals surface area contributed by atoms with Crippen molar-refractivity contribution >= 4 is 22.6 Å². The molecule has 6 heterocycles. The number of carbonyl (C=O) groups is 1. The minimum atomic E-state index is -0.538. The SMILES string of the molecule is C=CC(=O)N1CCC(N(C)c2nc(OCC34CCCN3CC(C)C4)nc3c(F)c(-c4cn[nH]c4C)ncc23)C1.CC. The monoisotopic (exact) mass is 564 g/mol. The van der Waals surface area contributed by atoms with Crippen molar-refractivity contribution in [3.63, 3.8) is 0 Å². The van der Waals surface area contributed by atoms with Gasteiger partial charge >= 0.3 is 6.01 Å². The first-order chi connectivity index (χ1) is 19.8. The van der Waals surface area contributed by atoms with E-state index in [9.17, 15) is 4.79 Å². The summed E-state index contributed by atoms with van der Waals surface area (Å²) in [4.78, 5) is 32.3. The van der Waals surface area contributed by atoms with Gasteiger partial charge in [-0.1, -0.05) is 27.4 Å². The van der Waals surface area contributed by atoms with E-state index in [1.54, 1.807) is 17.3 Å². The van der Waals surface area contributed by atoms with Gasteiger partial charge in [0.25, 0.3) is 0 Å². The maximum Gasteiger partial charge on any atom is 0.319 e. The quantitative estimate of drug-likeness (QED) is 0.422. The maximum absolute atomic E-state index is 16.1. The first kappa shape index (κ1) is 28.9. The molecular formula is C30H41FN8O2. The van der Waals surface area contributed by atoms with Crippen molar-refractivity contribution in [1.82, 2.24) is 34.9 Å². The van der Waals surface area contributed by atoms with E-state index in [4.69, 9.17) is 9.72 Å². The Labute approximate surface area is 241 Å². The van der Waals surface area contributed by atoms with Crippen molar-refractivity contribution in [2.24, 2.45) is 5.92 Å². The average Bonchev–Trinajstić information content (AvgIpc) is 3.77. The average molecular weight is 565 g/mol. The van der Waals surface area contributed by atoms with Gasteiger partial charge in [0.1, 0.15) is 23.6 Å². The summed E-state index contributed by atoms with van der Waals surface area (Å²) in [6.07, 6.45) is 8.58. The van der Waals surface area contributed by atoms with Crippen molar-refractivity contribution in [2.75, 3.05) is 44.7 Å². The van der Waals surface area contributed by atoms with Crippen LogP contribution in [-0.4, -0.2) is 92.3 Å². The number of anilines is 1. The molecule has 3 aromatic heterocycles. The molecule has 3 saturated heterocycles. The number of likely N-dealkylation sites (tertiary alicyclic amines) is 1. The number of aromatic amines is 1. The molecule has 3 aliphatic rings. The number of hydrogen-bond acceptors (Lipinski definition) is 8. The van der Waals surface area contributed by atoms with E-state index in [0.717, 1.165) is 44.5 Å². The third-order valence-electron chi connectivity index (χ3n) is 8.73. The zero-order valence-electron chi connectivity index (χ0n) is 24.8. The number of fused-ring (bicyclic) bond motifs is 2. The molecule has 3 aliphatic heterocycles. The summed E-state index contributed by atoms with van der Waals surface area (Å²) in [6, 6.07) is 0.153. The highest BCUT2D eigenvalue weighted by Crippen LogP contribution is 2.42. The van der Waals surface area contributed by atoms with E-state index >= 15 is 4.39 Å². The number of ether oxygens (including phenoxy) is 1. The molecular weight excluding hydrogens is 523 g/mol. The van der Waals surface area contributed by atoms with Gasteiger partial charge in [0, 0.05) is 50.2 Å². The van der Waals surface area contributed by atoms with E-state index in [1.807, 2.05) is 32.7 Å². The summed E-state index contributed by atoms with van der Waals surface area (Å²) in [5, 5.41) is 7.38. The Morgan fingerprint density at radius 2 is 2.10 bits per heavy atom. The van der Waals surface area contributed by atoms with Gasteiger partial charge in [-0.05, 0) is 51.1 Å². The Morgan fingerprint density at radius 3 is 2.83 bits per heavy atom. The highest BCUT2D eigenvalue weighted by molar-refractivity contribution is 5.92. The van der Waals surface area contributed by atoms with Crippen LogP contribution in [0.15, 0.2) is 25.0 Å². The maximum atomic E-state index is 16.1. The van der Waals surface area contributed by atoms with Gasteiger partial charge < -0.3 is 14.5 Å². The first-order valence-corrected chi connectivity index (χ1v) is 14.7. The van der Waals surface area contributed by atoms with Crippen LogP contribution in [0.5, 0.6) is 6.01 Å². The van der Waals surface area contributed by atoms with Crippen LogP contribution in [0.1, 0.15) is 52.1 Å². The lowest BCUT2D eigenvalue weighted by Crippen LogP contribution is -2.43. The number of halogens is 1. The number of amides is 1. The minimum absolute atomic E-state index is 0.00157. The largest absolute Gasteiger partial charge is 0.461 e. The second-order valence-corrected chi connectivity index (χ2v) is 11.3. The van der Waals surface area contributed by atoms with Gasteiger partial charge in [-0.2, -0.15) is 15.1 Å². The Kier molecular flexibility index (Phi) is 8.26. The van der Waals surface area contributed by atoms with Gasteiger partial charge in [-0.3, -0.25) is 19.8 Å². The molecule has 3 atom stereocenters. The number of hydrogen-bond donors (Lipinski definition) is 1. The second kappa shape index (κ2) is 11.7. The lowest BCUT2D eigenvalue weighted by atomic mass is 9.92. The minimum Gasteiger partial charge on any atom is -0.461 e. The fourth-order valence-corrected chi connectivity index (χ4v) is 6.71. The van der Waals surface area contributed by atoms with Gasteiger partial charge in [0.15, 0.2) is 5.82 Å². The van der Waals surface area contributed by atoms with Gasteiger partial charge in [0.05, 0.1) is 17.1 Å². The number of aryl methyl sites for hydroxylation is 1. The zero-order valence-corrected chi connectivity index (χ0v) is 24.8. The highest BCUT2D eigenvalue weighted by atomic mass is 19.1.